The highest BCUT2D eigenvalue weighted by atomic mass is 15.3. The van der Waals surface area contributed by atoms with Crippen LogP contribution >= 0.6 is 0 Å². The minimum atomic E-state index is 0.479. The van der Waals surface area contributed by atoms with Crippen molar-refractivity contribution >= 4 is 11.8 Å². The highest BCUT2D eigenvalue weighted by molar-refractivity contribution is 5.49. The first kappa shape index (κ1) is 11.1. The zero-order valence-electron chi connectivity index (χ0n) is 10.1. The molecule has 1 aliphatic heterocycles. The van der Waals surface area contributed by atoms with Gasteiger partial charge < -0.3 is 4.90 Å². The van der Waals surface area contributed by atoms with E-state index in [2.05, 4.69) is 34.1 Å². The van der Waals surface area contributed by atoms with E-state index in [4.69, 9.17) is 5.84 Å². The van der Waals surface area contributed by atoms with Gasteiger partial charge in [0, 0.05) is 24.8 Å². The van der Waals surface area contributed by atoms with Crippen LogP contribution in [0.3, 0.4) is 0 Å². The van der Waals surface area contributed by atoms with Gasteiger partial charge in [-0.25, -0.2) is 10.8 Å². The summed E-state index contributed by atoms with van der Waals surface area (Å²) in [5.74, 6) is 8.23. The van der Waals surface area contributed by atoms with Crippen molar-refractivity contribution in [1.29, 1.82) is 0 Å². The quantitative estimate of drug-likeness (QED) is 0.579. The summed E-state index contributed by atoms with van der Waals surface area (Å²) in [6.45, 7) is 8.71. The Kier molecular flexibility index (Phi) is 2.96. The number of aryl methyl sites for hydroxylation is 1. The maximum atomic E-state index is 5.33. The molecule has 1 aromatic rings. The van der Waals surface area contributed by atoms with E-state index < -0.39 is 0 Å². The van der Waals surface area contributed by atoms with Crippen molar-refractivity contribution in [3.05, 3.63) is 11.8 Å². The van der Waals surface area contributed by atoms with Crippen molar-refractivity contribution in [2.24, 2.45) is 17.7 Å². The second kappa shape index (κ2) is 4.25. The molecule has 2 heterocycles. The second-order valence-corrected chi connectivity index (χ2v) is 4.70. The van der Waals surface area contributed by atoms with Crippen molar-refractivity contribution in [2.45, 2.75) is 20.8 Å². The Morgan fingerprint density at radius 3 is 2.56 bits per heavy atom. The highest BCUT2D eigenvalue weighted by Crippen LogP contribution is 2.28. The van der Waals surface area contributed by atoms with E-state index >= 15 is 0 Å². The molecule has 0 radical (unpaired) electrons. The zero-order chi connectivity index (χ0) is 11.7. The van der Waals surface area contributed by atoms with E-state index in [1.165, 1.54) is 0 Å². The molecule has 5 nitrogen and oxygen atoms in total. The van der Waals surface area contributed by atoms with E-state index in [9.17, 15) is 0 Å². The Morgan fingerprint density at radius 2 is 2.00 bits per heavy atom. The van der Waals surface area contributed by atoms with Gasteiger partial charge in [-0.1, -0.05) is 13.8 Å². The lowest BCUT2D eigenvalue weighted by atomic mass is 10.0. The van der Waals surface area contributed by atoms with Crippen molar-refractivity contribution in [1.82, 2.24) is 9.97 Å². The van der Waals surface area contributed by atoms with Crippen LogP contribution in [0.2, 0.25) is 0 Å². The fourth-order valence-electron chi connectivity index (χ4n) is 2.13. The smallest absolute Gasteiger partial charge is 0.239 e. The zero-order valence-corrected chi connectivity index (χ0v) is 10.1. The fraction of sp³-hybridized carbons (Fsp3) is 0.636. The molecule has 5 heteroatoms. The predicted octanol–water partition coefficient (Wildman–Crippen LogP) is 1.16. The molecular formula is C11H19N5. The number of nitrogens with one attached hydrogen (secondary N) is 1. The lowest BCUT2D eigenvalue weighted by Gasteiger charge is -2.19. The molecule has 0 amide bonds. The molecule has 1 aliphatic rings. The number of hydrogen-bond donors (Lipinski definition) is 2. The average Bonchev–Trinajstić information content (AvgIpc) is 2.60. The molecule has 3 N–H and O–H groups in total. The molecular weight excluding hydrogens is 202 g/mol. The summed E-state index contributed by atoms with van der Waals surface area (Å²) >= 11 is 0. The van der Waals surface area contributed by atoms with Crippen LogP contribution in [0.25, 0.3) is 0 Å². The van der Waals surface area contributed by atoms with Crippen molar-refractivity contribution in [2.75, 3.05) is 23.4 Å². The number of anilines is 2. The van der Waals surface area contributed by atoms with Gasteiger partial charge in [0.2, 0.25) is 5.95 Å². The fourth-order valence-corrected chi connectivity index (χ4v) is 2.13. The van der Waals surface area contributed by atoms with E-state index in [1.807, 2.05) is 13.1 Å². The van der Waals surface area contributed by atoms with Crippen LogP contribution in [-0.4, -0.2) is 23.1 Å². The van der Waals surface area contributed by atoms with Gasteiger partial charge in [0.25, 0.3) is 0 Å². The van der Waals surface area contributed by atoms with Crippen LogP contribution in [0.5, 0.6) is 0 Å². The van der Waals surface area contributed by atoms with Gasteiger partial charge in [0.1, 0.15) is 5.82 Å². The number of nitrogen functional groups attached to an aromatic ring is 1. The number of rotatable bonds is 2. The van der Waals surface area contributed by atoms with Crippen molar-refractivity contribution in [3.8, 4) is 0 Å². The van der Waals surface area contributed by atoms with Gasteiger partial charge in [-0.3, -0.25) is 5.43 Å². The summed E-state index contributed by atoms with van der Waals surface area (Å²) in [6, 6.07) is 0. The normalized spacial score (nSPS) is 24.9. The molecule has 0 aliphatic carbocycles. The summed E-state index contributed by atoms with van der Waals surface area (Å²) in [4.78, 5) is 10.8. The van der Waals surface area contributed by atoms with Crippen LogP contribution in [-0.2, 0) is 0 Å². The third kappa shape index (κ3) is 1.95. The number of nitrogens with two attached hydrogens (primary N) is 1. The summed E-state index contributed by atoms with van der Waals surface area (Å²) < 4.78 is 0. The molecule has 88 valence electrons. The van der Waals surface area contributed by atoms with Gasteiger partial charge in [0.15, 0.2) is 0 Å². The molecule has 1 saturated heterocycles. The van der Waals surface area contributed by atoms with Crippen LogP contribution in [0.15, 0.2) is 6.20 Å². The molecule has 2 rings (SSSR count). The molecule has 0 bridgehead atoms. The Morgan fingerprint density at radius 1 is 1.38 bits per heavy atom. The molecule has 0 spiro atoms. The van der Waals surface area contributed by atoms with Gasteiger partial charge >= 0.3 is 0 Å². The average molecular weight is 221 g/mol. The predicted molar refractivity (Wildman–Crippen MR) is 65.1 cm³/mol. The first-order valence-electron chi connectivity index (χ1n) is 5.67. The Labute approximate surface area is 96.0 Å². The Balaban J connectivity index is 2.26. The first-order valence-corrected chi connectivity index (χ1v) is 5.67. The van der Waals surface area contributed by atoms with E-state index in [1.54, 1.807) is 0 Å². The molecule has 1 aromatic heterocycles. The van der Waals surface area contributed by atoms with Gasteiger partial charge in [-0.2, -0.15) is 4.98 Å². The number of nitrogens with zero attached hydrogens (tertiary/aromatic N) is 3. The minimum absolute atomic E-state index is 0.479. The van der Waals surface area contributed by atoms with Gasteiger partial charge in [-0.05, 0) is 18.8 Å². The maximum absolute atomic E-state index is 5.33. The second-order valence-electron chi connectivity index (χ2n) is 4.70. The van der Waals surface area contributed by atoms with E-state index in [0.29, 0.717) is 17.8 Å². The molecule has 0 aromatic carbocycles. The Bertz CT molecular complexity index is 369. The molecule has 0 saturated carbocycles. The lowest BCUT2D eigenvalue weighted by Crippen LogP contribution is -2.23. The van der Waals surface area contributed by atoms with Crippen LogP contribution in [0, 0.1) is 18.8 Å². The number of aromatic nitrogens is 2. The van der Waals surface area contributed by atoms with Crippen LogP contribution < -0.4 is 16.2 Å². The molecule has 2 unspecified atom stereocenters. The summed E-state index contributed by atoms with van der Waals surface area (Å²) in [7, 11) is 0. The third-order valence-electron chi connectivity index (χ3n) is 3.36. The lowest BCUT2D eigenvalue weighted by molar-refractivity contribution is 0.494. The molecule has 16 heavy (non-hydrogen) atoms. The first-order chi connectivity index (χ1) is 7.61. The van der Waals surface area contributed by atoms with Crippen molar-refractivity contribution < 1.29 is 0 Å². The summed E-state index contributed by atoms with van der Waals surface area (Å²) in [5.41, 5.74) is 3.59. The topological polar surface area (TPSA) is 67.1 Å². The van der Waals surface area contributed by atoms with E-state index in [-0.39, 0.29) is 0 Å². The highest BCUT2D eigenvalue weighted by Gasteiger charge is 2.27. The molecule has 1 fully saturated rings. The SMILES string of the molecule is Cc1cnc(NN)nc1N1CC(C)C(C)C1. The minimum Gasteiger partial charge on any atom is -0.356 e. The molecule has 2 atom stereocenters. The van der Waals surface area contributed by atoms with Crippen LogP contribution in [0.4, 0.5) is 11.8 Å². The maximum Gasteiger partial charge on any atom is 0.239 e. The van der Waals surface area contributed by atoms with Crippen molar-refractivity contribution in [3.63, 3.8) is 0 Å². The number of hydrazine groups is 1. The van der Waals surface area contributed by atoms with E-state index in [0.717, 1.165) is 24.5 Å². The standard InChI is InChI=1S/C11H19N5/c1-7-4-13-11(15-12)14-10(7)16-5-8(2)9(3)6-16/h4,8-9H,5-6,12H2,1-3H3,(H,13,14,15). The van der Waals surface area contributed by atoms with Crippen LogP contribution in [0.1, 0.15) is 19.4 Å². The number of hydrogen-bond acceptors (Lipinski definition) is 5. The third-order valence-corrected chi connectivity index (χ3v) is 3.36. The van der Waals surface area contributed by atoms with Gasteiger partial charge in [0.05, 0.1) is 0 Å². The van der Waals surface area contributed by atoms with Gasteiger partial charge in [-0.15, -0.1) is 0 Å². The monoisotopic (exact) mass is 221 g/mol. The summed E-state index contributed by atoms with van der Waals surface area (Å²) in [6.07, 6.45) is 1.81. The summed E-state index contributed by atoms with van der Waals surface area (Å²) in [5, 5.41) is 0. The Hall–Kier alpha value is -1.36. The largest absolute Gasteiger partial charge is 0.356 e.